The van der Waals surface area contributed by atoms with Crippen LogP contribution < -0.4 is 16.4 Å². The second-order valence-electron chi connectivity index (χ2n) is 5.18. The average Bonchev–Trinajstić information content (AvgIpc) is 3.05. The van der Waals surface area contributed by atoms with Gasteiger partial charge >= 0.3 is 0 Å². The van der Waals surface area contributed by atoms with Crippen molar-refractivity contribution in [2.24, 2.45) is 10.7 Å². The third-order valence-electron chi connectivity index (χ3n) is 3.23. The van der Waals surface area contributed by atoms with Gasteiger partial charge in [-0.1, -0.05) is 18.2 Å². The number of benzene rings is 1. The van der Waals surface area contributed by atoms with Gasteiger partial charge in [0.2, 0.25) is 5.91 Å². The highest BCUT2D eigenvalue weighted by Gasteiger charge is 2.03. The summed E-state index contributed by atoms with van der Waals surface area (Å²) in [6.07, 6.45) is 1.02. The molecule has 0 saturated carbocycles. The van der Waals surface area contributed by atoms with Gasteiger partial charge in [-0.15, -0.1) is 11.3 Å². The van der Waals surface area contributed by atoms with Crippen molar-refractivity contribution >= 4 is 23.2 Å². The van der Waals surface area contributed by atoms with Crippen LogP contribution in [0.2, 0.25) is 0 Å². The van der Waals surface area contributed by atoms with Crippen LogP contribution in [0.4, 0.5) is 4.39 Å². The van der Waals surface area contributed by atoms with E-state index >= 15 is 0 Å². The van der Waals surface area contributed by atoms with E-state index in [-0.39, 0.29) is 18.1 Å². The van der Waals surface area contributed by atoms with Gasteiger partial charge in [0.15, 0.2) is 5.96 Å². The lowest BCUT2D eigenvalue weighted by molar-refractivity contribution is -0.120. The fraction of sp³-hybridized carbons (Fsp3) is 0.294. The van der Waals surface area contributed by atoms with Crippen molar-refractivity contribution < 1.29 is 9.18 Å². The highest BCUT2D eigenvalue weighted by Crippen LogP contribution is 2.08. The smallest absolute Gasteiger partial charge is 0.224 e. The van der Waals surface area contributed by atoms with E-state index in [9.17, 15) is 9.18 Å². The van der Waals surface area contributed by atoms with Crippen molar-refractivity contribution in [1.29, 1.82) is 0 Å². The molecule has 0 spiro atoms. The SMILES string of the molecule is NC(=NCCc1cccs1)NCCNC(=O)Cc1cccc(F)c1. The molecule has 0 aliphatic carbocycles. The van der Waals surface area contributed by atoms with Gasteiger partial charge in [0.25, 0.3) is 0 Å². The summed E-state index contributed by atoms with van der Waals surface area (Å²) in [6.45, 7) is 1.55. The van der Waals surface area contributed by atoms with E-state index in [2.05, 4.69) is 21.7 Å². The van der Waals surface area contributed by atoms with Gasteiger partial charge in [-0.25, -0.2) is 4.39 Å². The number of hydrogen-bond donors (Lipinski definition) is 3. The summed E-state index contributed by atoms with van der Waals surface area (Å²) < 4.78 is 13.0. The highest BCUT2D eigenvalue weighted by atomic mass is 32.1. The number of carbonyl (C=O) groups is 1. The van der Waals surface area contributed by atoms with Crippen molar-refractivity contribution in [3.63, 3.8) is 0 Å². The van der Waals surface area contributed by atoms with Gasteiger partial charge in [0.05, 0.1) is 6.42 Å². The molecular formula is C17H21FN4OS. The quantitative estimate of drug-likeness (QED) is 0.386. The molecule has 1 heterocycles. The van der Waals surface area contributed by atoms with Crippen LogP contribution in [0.1, 0.15) is 10.4 Å². The van der Waals surface area contributed by atoms with Gasteiger partial charge in [-0.05, 0) is 29.1 Å². The van der Waals surface area contributed by atoms with Crippen LogP contribution >= 0.6 is 11.3 Å². The van der Waals surface area contributed by atoms with Gasteiger partial charge in [-0.3, -0.25) is 9.79 Å². The maximum atomic E-state index is 13.0. The number of aliphatic imine (C=N–C) groups is 1. The molecule has 0 fully saturated rings. The molecule has 0 bridgehead atoms. The molecule has 1 amide bonds. The summed E-state index contributed by atoms with van der Waals surface area (Å²) in [6, 6.07) is 10.1. The Morgan fingerprint density at radius 1 is 1.21 bits per heavy atom. The van der Waals surface area contributed by atoms with Crippen LogP contribution in [0.15, 0.2) is 46.8 Å². The van der Waals surface area contributed by atoms with Gasteiger partial charge in [0, 0.05) is 30.9 Å². The maximum Gasteiger partial charge on any atom is 0.224 e. The Bertz CT molecular complexity index is 673. The van der Waals surface area contributed by atoms with E-state index in [1.54, 1.807) is 23.5 Å². The molecule has 0 aliphatic heterocycles. The van der Waals surface area contributed by atoms with Crippen molar-refractivity contribution in [3.8, 4) is 0 Å². The monoisotopic (exact) mass is 348 g/mol. The van der Waals surface area contributed by atoms with Crippen molar-refractivity contribution in [2.45, 2.75) is 12.8 Å². The molecule has 0 radical (unpaired) electrons. The Morgan fingerprint density at radius 2 is 2.04 bits per heavy atom. The predicted molar refractivity (Wildman–Crippen MR) is 95.6 cm³/mol. The van der Waals surface area contributed by atoms with Gasteiger partial charge in [-0.2, -0.15) is 0 Å². The first-order valence-electron chi connectivity index (χ1n) is 7.71. The number of thiophene rings is 1. The number of amides is 1. The zero-order valence-electron chi connectivity index (χ0n) is 13.3. The zero-order chi connectivity index (χ0) is 17.2. The summed E-state index contributed by atoms with van der Waals surface area (Å²) in [7, 11) is 0. The van der Waals surface area contributed by atoms with E-state index in [1.807, 2.05) is 11.4 Å². The lowest BCUT2D eigenvalue weighted by Crippen LogP contribution is -2.39. The summed E-state index contributed by atoms with van der Waals surface area (Å²) >= 11 is 1.70. The number of hydrogen-bond acceptors (Lipinski definition) is 3. The fourth-order valence-electron chi connectivity index (χ4n) is 2.08. The number of halogens is 1. The van der Waals surface area contributed by atoms with Crippen LogP contribution in [-0.2, 0) is 17.6 Å². The minimum Gasteiger partial charge on any atom is -0.370 e. The van der Waals surface area contributed by atoms with Crippen molar-refractivity contribution in [3.05, 3.63) is 58.0 Å². The number of nitrogens with two attached hydrogens (primary N) is 1. The van der Waals surface area contributed by atoms with Gasteiger partial charge < -0.3 is 16.4 Å². The Hall–Kier alpha value is -2.41. The zero-order valence-corrected chi connectivity index (χ0v) is 14.1. The third-order valence-corrected chi connectivity index (χ3v) is 4.16. The van der Waals surface area contributed by atoms with Crippen molar-refractivity contribution in [1.82, 2.24) is 10.6 Å². The molecule has 0 aliphatic rings. The first-order valence-corrected chi connectivity index (χ1v) is 8.59. The molecule has 4 N–H and O–H groups in total. The van der Waals surface area contributed by atoms with E-state index in [1.165, 1.54) is 17.0 Å². The molecule has 5 nitrogen and oxygen atoms in total. The van der Waals surface area contributed by atoms with E-state index < -0.39 is 0 Å². The molecule has 0 saturated heterocycles. The molecule has 1 aromatic carbocycles. The van der Waals surface area contributed by atoms with Crippen LogP contribution in [0.3, 0.4) is 0 Å². The van der Waals surface area contributed by atoms with E-state index in [4.69, 9.17) is 5.73 Å². The lowest BCUT2D eigenvalue weighted by Gasteiger charge is -2.07. The molecule has 128 valence electrons. The second kappa shape index (κ2) is 9.67. The standard InChI is InChI=1S/C17H21FN4OS/c18-14-4-1-3-13(11-14)12-16(23)20-8-9-22-17(19)21-7-6-15-5-2-10-24-15/h1-5,10-11H,6-9,12H2,(H,20,23)(H3,19,21,22). The number of carbonyl (C=O) groups excluding carboxylic acids is 1. The van der Waals surface area contributed by atoms with Crippen molar-refractivity contribution in [2.75, 3.05) is 19.6 Å². The molecule has 0 atom stereocenters. The lowest BCUT2D eigenvalue weighted by atomic mass is 10.1. The number of nitrogens with zero attached hydrogens (tertiary/aromatic N) is 1. The Labute approximate surface area is 144 Å². The summed E-state index contributed by atoms with van der Waals surface area (Å²) in [4.78, 5) is 17.3. The van der Waals surface area contributed by atoms with Gasteiger partial charge in [0.1, 0.15) is 5.82 Å². The molecule has 24 heavy (non-hydrogen) atoms. The maximum absolute atomic E-state index is 13.0. The number of rotatable bonds is 8. The van der Waals surface area contributed by atoms with Crippen LogP contribution in [0.25, 0.3) is 0 Å². The summed E-state index contributed by atoms with van der Waals surface area (Å²) in [5.41, 5.74) is 6.41. The molecule has 7 heteroatoms. The summed E-state index contributed by atoms with van der Waals surface area (Å²) in [5, 5.41) is 7.73. The Morgan fingerprint density at radius 3 is 2.79 bits per heavy atom. The minimum atomic E-state index is -0.339. The number of guanidine groups is 1. The van der Waals surface area contributed by atoms with Crippen LogP contribution in [-0.4, -0.2) is 31.5 Å². The fourth-order valence-corrected chi connectivity index (χ4v) is 2.78. The second-order valence-corrected chi connectivity index (χ2v) is 6.21. The first-order chi connectivity index (χ1) is 11.6. The summed E-state index contributed by atoms with van der Waals surface area (Å²) in [5.74, 6) is -0.130. The van der Waals surface area contributed by atoms with E-state index in [0.29, 0.717) is 31.2 Å². The number of nitrogens with one attached hydrogen (secondary N) is 2. The van der Waals surface area contributed by atoms with E-state index in [0.717, 1.165) is 6.42 Å². The molecule has 1 aromatic heterocycles. The third kappa shape index (κ3) is 6.78. The average molecular weight is 348 g/mol. The van der Waals surface area contributed by atoms with Crippen LogP contribution in [0, 0.1) is 5.82 Å². The normalized spacial score (nSPS) is 11.3. The minimum absolute atomic E-state index is 0.155. The first kappa shape index (κ1) is 17.9. The highest BCUT2D eigenvalue weighted by molar-refractivity contribution is 7.09. The topological polar surface area (TPSA) is 79.5 Å². The molecule has 0 unspecified atom stereocenters. The Balaban J connectivity index is 1.58. The largest absolute Gasteiger partial charge is 0.370 e. The van der Waals surface area contributed by atoms with Crippen LogP contribution in [0.5, 0.6) is 0 Å². The molecular weight excluding hydrogens is 327 g/mol. The predicted octanol–water partition coefficient (Wildman–Crippen LogP) is 1.69. The molecule has 2 aromatic rings. The Kier molecular flexibility index (Phi) is 7.22. The molecule has 2 rings (SSSR count).